The van der Waals surface area contributed by atoms with E-state index in [4.69, 9.17) is 4.74 Å². The van der Waals surface area contributed by atoms with Crippen molar-refractivity contribution in [1.82, 2.24) is 19.0 Å². The molecule has 2 fully saturated rings. The van der Waals surface area contributed by atoms with Crippen LogP contribution in [0.1, 0.15) is 31.4 Å². The molecule has 2 aliphatic heterocycles. The van der Waals surface area contributed by atoms with E-state index >= 15 is 0 Å². The fraction of sp³-hybridized carbons (Fsp3) is 0.765. The number of sulfonamides is 1. The van der Waals surface area contributed by atoms with Crippen molar-refractivity contribution < 1.29 is 17.9 Å². The molecule has 0 spiro atoms. The van der Waals surface area contributed by atoms with E-state index in [1.165, 1.54) is 4.68 Å². The molecule has 3 heterocycles. The van der Waals surface area contributed by atoms with Gasteiger partial charge in [0.1, 0.15) is 0 Å². The van der Waals surface area contributed by atoms with E-state index in [2.05, 4.69) is 5.10 Å². The molecule has 0 radical (unpaired) electrons. The van der Waals surface area contributed by atoms with E-state index in [-0.39, 0.29) is 16.9 Å². The third-order valence-corrected chi connectivity index (χ3v) is 7.10. The zero-order chi connectivity index (χ0) is 18.7. The zero-order valence-corrected chi connectivity index (χ0v) is 16.4. The maximum absolute atomic E-state index is 12.9. The van der Waals surface area contributed by atoms with Crippen LogP contribution < -0.4 is 0 Å². The summed E-state index contributed by atoms with van der Waals surface area (Å²) in [7, 11) is -1.89. The van der Waals surface area contributed by atoms with Crippen molar-refractivity contribution in [2.24, 2.45) is 13.0 Å². The van der Waals surface area contributed by atoms with Gasteiger partial charge in [-0.3, -0.25) is 9.48 Å². The Balaban J connectivity index is 1.58. The molecule has 1 aromatic rings. The van der Waals surface area contributed by atoms with Gasteiger partial charge in [-0.25, -0.2) is 8.42 Å². The van der Waals surface area contributed by atoms with Crippen molar-refractivity contribution >= 4 is 15.9 Å². The van der Waals surface area contributed by atoms with Gasteiger partial charge in [0.15, 0.2) is 5.03 Å². The molecule has 9 heteroatoms. The molecule has 8 nitrogen and oxygen atoms in total. The van der Waals surface area contributed by atoms with Gasteiger partial charge >= 0.3 is 0 Å². The summed E-state index contributed by atoms with van der Waals surface area (Å²) in [5.41, 5.74) is 0.691. The number of aromatic nitrogens is 2. The van der Waals surface area contributed by atoms with Crippen LogP contribution in [0.25, 0.3) is 0 Å². The van der Waals surface area contributed by atoms with Gasteiger partial charge in [0.25, 0.3) is 10.0 Å². The van der Waals surface area contributed by atoms with Gasteiger partial charge in [0.2, 0.25) is 5.91 Å². The van der Waals surface area contributed by atoms with Crippen LogP contribution in [0.2, 0.25) is 0 Å². The minimum absolute atomic E-state index is 0.149. The van der Waals surface area contributed by atoms with Gasteiger partial charge in [-0.05, 0) is 38.2 Å². The van der Waals surface area contributed by atoms with Crippen LogP contribution in [0.4, 0.5) is 0 Å². The molecule has 3 rings (SSSR count). The second kappa shape index (κ2) is 8.06. The Hall–Kier alpha value is -1.45. The number of rotatable bonds is 5. The first-order valence-corrected chi connectivity index (χ1v) is 10.7. The number of carbonyl (C=O) groups is 1. The fourth-order valence-corrected chi connectivity index (χ4v) is 5.48. The zero-order valence-electron chi connectivity index (χ0n) is 15.6. The first kappa shape index (κ1) is 19.3. The van der Waals surface area contributed by atoms with Crippen LogP contribution in [0.15, 0.2) is 11.1 Å². The summed E-state index contributed by atoms with van der Waals surface area (Å²) in [6, 6.07) is 1.61. The van der Waals surface area contributed by atoms with E-state index in [0.717, 1.165) is 19.3 Å². The molecule has 1 unspecified atom stereocenters. The lowest BCUT2D eigenvalue weighted by Crippen LogP contribution is -2.42. The van der Waals surface area contributed by atoms with Crippen molar-refractivity contribution in [2.45, 2.75) is 37.6 Å². The van der Waals surface area contributed by atoms with Gasteiger partial charge in [-0.15, -0.1) is 0 Å². The van der Waals surface area contributed by atoms with E-state index in [1.54, 1.807) is 24.3 Å². The molecular weight excluding hydrogens is 356 g/mol. The monoisotopic (exact) mass is 384 g/mol. The molecule has 0 aromatic carbocycles. The molecular formula is C17H28N4O4S. The number of ether oxygens (including phenoxy) is 1. The predicted octanol–water partition coefficient (Wildman–Crippen LogP) is 0.768. The molecule has 0 N–H and O–H groups in total. The first-order chi connectivity index (χ1) is 12.4. The lowest BCUT2D eigenvalue weighted by molar-refractivity contribution is -0.135. The van der Waals surface area contributed by atoms with Gasteiger partial charge in [-0.1, -0.05) is 0 Å². The summed E-state index contributed by atoms with van der Waals surface area (Å²) in [5, 5.41) is 4.39. The van der Waals surface area contributed by atoms with Crippen LogP contribution in [0.3, 0.4) is 0 Å². The quantitative estimate of drug-likeness (QED) is 0.749. The summed E-state index contributed by atoms with van der Waals surface area (Å²) in [4.78, 5) is 14.2. The minimum atomic E-state index is -3.54. The van der Waals surface area contributed by atoms with Gasteiger partial charge in [0, 0.05) is 39.6 Å². The lowest BCUT2D eigenvalue weighted by atomic mass is 9.94. The summed E-state index contributed by atoms with van der Waals surface area (Å²) in [6.07, 6.45) is 3.00. The maximum Gasteiger partial charge on any atom is 0.260 e. The fourth-order valence-electron chi connectivity index (χ4n) is 3.74. The Bertz CT molecular complexity index is 740. The van der Waals surface area contributed by atoms with Crippen molar-refractivity contribution in [1.29, 1.82) is 0 Å². The van der Waals surface area contributed by atoms with Gasteiger partial charge in [-0.2, -0.15) is 9.40 Å². The van der Waals surface area contributed by atoms with Crippen molar-refractivity contribution in [3.05, 3.63) is 11.8 Å². The van der Waals surface area contributed by atoms with Crippen LogP contribution in [-0.2, 0) is 26.6 Å². The Morgan fingerprint density at radius 1 is 1.31 bits per heavy atom. The molecule has 1 aromatic heterocycles. The Labute approximate surface area is 155 Å². The topological polar surface area (TPSA) is 84.7 Å². The highest BCUT2D eigenvalue weighted by atomic mass is 32.2. The molecule has 1 amide bonds. The van der Waals surface area contributed by atoms with E-state index in [1.807, 2.05) is 4.90 Å². The Kier molecular flexibility index (Phi) is 5.99. The summed E-state index contributed by atoms with van der Waals surface area (Å²) >= 11 is 0. The molecule has 0 aliphatic carbocycles. The van der Waals surface area contributed by atoms with E-state index < -0.39 is 10.0 Å². The standard InChI is InChI=1S/C17H28N4O4S/c1-14-12-17(19(2)18-14)26(23,24)21-7-3-4-15(13-21)5-6-16(22)20-8-10-25-11-9-20/h12,15H,3-11,13H2,1-2H3. The highest BCUT2D eigenvalue weighted by Gasteiger charge is 2.32. The highest BCUT2D eigenvalue weighted by Crippen LogP contribution is 2.26. The molecule has 146 valence electrons. The smallest absolute Gasteiger partial charge is 0.260 e. The molecule has 26 heavy (non-hydrogen) atoms. The van der Waals surface area contributed by atoms with Crippen molar-refractivity contribution in [3.8, 4) is 0 Å². The molecule has 2 saturated heterocycles. The van der Waals surface area contributed by atoms with Crippen LogP contribution >= 0.6 is 0 Å². The molecule has 2 aliphatic rings. The highest BCUT2D eigenvalue weighted by molar-refractivity contribution is 7.89. The second-order valence-electron chi connectivity index (χ2n) is 7.15. The number of piperidine rings is 1. The number of amides is 1. The third kappa shape index (κ3) is 4.27. The number of hydrogen-bond acceptors (Lipinski definition) is 5. The molecule has 1 atom stereocenters. The number of morpholine rings is 1. The van der Waals surface area contributed by atoms with Crippen LogP contribution in [-0.4, -0.2) is 72.7 Å². The summed E-state index contributed by atoms with van der Waals surface area (Å²) < 4.78 is 34.1. The predicted molar refractivity (Wildman–Crippen MR) is 96.1 cm³/mol. The SMILES string of the molecule is Cc1cc(S(=O)(=O)N2CCCC(CCC(=O)N3CCOCC3)C2)n(C)n1. The van der Waals surface area contributed by atoms with Gasteiger partial charge < -0.3 is 9.64 Å². The normalized spacial score (nSPS) is 22.5. The molecule has 0 saturated carbocycles. The van der Waals surface area contributed by atoms with E-state index in [0.29, 0.717) is 51.5 Å². The third-order valence-electron chi connectivity index (χ3n) is 5.18. The Morgan fingerprint density at radius 3 is 2.69 bits per heavy atom. The maximum atomic E-state index is 12.9. The lowest BCUT2D eigenvalue weighted by Gasteiger charge is -2.32. The first-order valence-electron chi connectivity index (χ1n) is 9.24. The van der Waals surface area contributed by atoms with Gasteiger partial charge in [0.05, 0.1) is 18.9 Å². The second-order valence-corrected chi connectivity index (χ2v) is 9.04. The summed E-state index contributed by atoms with van der Waals surface area (Å²) in [6.45, 7) is 5.31. The van der Waals surface area contributed by atoms with Crippen molar-refractivity contribution in [2.75, 3.05) is 39.4 Å². The Morgan fingerprint density at radius 2 is 2.04 bits per heavy atom. The number of aryl methyl sites for hydroxylation is 2. The van der Waals surface area contributed by atoms with E-state index in [9.17, 15) is 13.2 Å². The van der Waals surface area contributed by atoms with Crippen molar-refractivity contribution in [3.63, 3.8) is 0 Å². The molecule has 0 bridgehead atoms. The number of carbonyl (C=O) groups excluding carboxylic acids is 1. The number of nitrogens with zero attached hydrogens (tertiary/aromatic N) is 4. The van der Waals surface area contributed by atoms with Crippen LogP contribution in [0.5, 0.6) is 0 Å². The van der Waals surface area contributed by atoms with Crippen LogP contribution in [0, 0.1) is 12.8 Å². The number of hydrogen-bond donors (Lipinski definition) is 0. The largest absolute Gasteiger partial charge is 0.378 e. The summed E-state index contributed by atoms with van der Waals surface area (Å²) in [5.74, 6) is 0.369. The average Bonchev–Trinajstić information content (AvgIpc) is 2.99. The minimum Gasteiger partial charge on any atom is -0.378 e. The average molecular weight is 385 g/mol.